The first-order chi connectivity index (χ1) is 7.31. The fourth-order valence-corrected chi connectivity index (χ4v) is 2.10. The summed E-state index contributed by atoms with van der Waals surface area (Å²) in [4.78, 5) is 1.29. The van der Waals surface area contributed by atoms with Crippen LogP contribution in [0.2, 0.25) is 0 Å². The lowest BCUT2D eigenvalue weighted by Crippen LogP contribution is -2.15. The van der Waals surface area contributed by atoms with Gasteiger partial charge in [-0.1, -0.05) is 19.1 Å². The van der Waals surface area contributed by atoms with Crippen LogP contribution in [0.15, 0.2) is 29.2 Å². The van der Waals surface area contributed by atoms with Gasteiger partial charge in [0.05, 0.1) is 12.5 Å². The van der Waals surface area contributed by atoms with Gasteiger partial charge in [0.25, 0.3) is 0 Å². The lowest BCUT2D eigenvalue weighted by Gasteiger charge is -2.13. The molecule has 1 rings (SSSR count). The molecule has 0 aliphatic rings. The lowest BCUT2D eigenvalue weighted by molar-refractivity contribution is 0.608. The van der Waals surface area contributed by atoms with Gasteiger partial charge in [0.1, 0.15) is 0 Å². The number of nitrogens with zero attached hydrogens (tertiary/aromatic N) is 1. The maximum Gasteiger partial charge on any atom is 0.0641 e. The van der Waals surface area contributed by atoms with Gasteiger partial charge in [0.15, 0.2) is 0 Å². The summed E-state index contributed by atoms with van der Waals surface area (Å²) in [6, 6.07) is 10.8. The van der Waals surface area contributed by atoms with Gasteiger partial charge >= 0.3 is 0 Å². The van der Waals surface area contributed by atoms with Crippen molar-refractivity contribution in [3.8, 4) is 6.07 Å². The van der Waals surface area contributed by atoms with Crippen LogP contribution in [-0.4, -0.2) is 12.8 Å². The first kappa shape index (κ1) is 12.1. The maximum absolute atomic E-state index is 8.67. The van der Waals surface area contributed by atoms with E-state index < -0.39 is 0 Å². The fraction of sp³-hybridized carbons (Fsp3) is 0.417. The Kier molecular flexibility index (Phi) is 5.23. The average Bonchev–Trinajstić information content (AvgIpc) is 2.28. The van der Waals surface area contributed by atoms with Gasteiger partial charge in [0.2, 0.25) is 0 Å². The molecule has 0 radical (unpaired) electrons. The minimum atomic E-state index is 0.149. The van der Waals surface area contributed by atoms with E-state index in [2.05, 4.69) is 42.6 Å². The number of thioether (sulfide) groups is 1. The molecule has 0 amide bonds. The number of nitrogens with one attached hydrogen (secondary N) is 1. The van der Waals surface area contributed by atoms with Crippen molar-refractivity contribution in [1.82, 2.24) is 5.32 Å². The Hall–Kier alpha value is -0.980. The molecule has 1 unspecified atom stereocenters. The third kappa shape index (κ3) is 3.58. The van der Waals surface area contributed by atoms with Crippen LogP contribution < -0.4 is 5.32 Å². The zero-order chi connectivity index (χ0) is 11.1. The van der Waals surface area contributed by atoms with E-state index in [0.717, 1.165) is 5.75 Å². The van der Waals surface area contributed by atoms with Crippen LogP contribution in [0.4, 0.5) is 0 Å². The maximum atomic E-state index is 8.67. The molecule has 1 aromatic carbocycles. The highest BCUT2D eigenvalue weighted by Crippen LogP contribution is 2.21. The van der Waals surface area contributed by atoms with Gasteiger partial charge in [0, 0.05) is 10.9 Å². The Bertz CT molecular complexity index is 326. The topological polar surface area (TPSA) is 35.8 Å². The second kappa shape index (κ2) is 6.49. The molecule has 0 saturated carbocycles. The van der Waals surface area contributed by atoms with E-state index in [-0.39, 0.29) is 6.04 Å². The summed E-state index contributed by atoms with van der Waals surface area (Å²) in [6.07, 6.45) is 0.511. The molecule has 0 fully saturated rings. The normalized spacial score (nSPS) is 12.1. The molecule has 0 aromatic heterocycles. The van der Waals surface area contributed by atoms with Crippen molar-refractivity contribution < 1.29 is 0 Å². The third-order valence-electron chi connectivity index (χ3n) is 2.24. The largest absolute Gasteiger partial charge is 0.312 e. The monoisotopic (exact) mass is 220 g/mol. The van der Waals surface area contributed by atoms with Gasteiger partial charge < -0.3 is 5.32 Å². The molecule has 0 heterocycles. The molecule has 0 aliphatic heterocycles. The summed E-state index contributed by atoms with van der Waals surface area (Å²) in [6.45, 7) is 2.14. The molecule has 0 saturated heterocycles. The zero-order valence-corrected chi connectivity index (χ0v) is 9.97. The van der Waals surface area contributed by atoms with E-state index in [9.17, 15) is 0 Å². The van der Waals surface area contributed by atoms with Crippen molar-refractivity contribution in [3.05, 3.63) is 29.8 Å². The number of rotatable bonds is 5. The van der Waals surface area contributed by atoms with Gasteiger partial charge in [-0.3, -0.25) is 0 Å². The molecule has 1 N–H and O–H groups in total. The minimum Gasteiger partial charge on any atom is -0.312 e. The Labute approximate surface area is 95.7 Å². The Morgan fingerprint density at radius 1 is 1.40 bits per heavy atom. The van der Waals surface area contributed by atoms with Crippen LogP contribution in [0.25, 0.3) is 0 Å². The lowest BCUT2D eigenvalue weighted by atomic mass is 10.1. The first-order valence-electron chi connectivity index (χ1n) is 5.08. The summed E-state index contributed by atoms with van der Waals surface area (Å²) in [7, 11) is 1.89. The number of nitriles is 1. The number of benzene rings is 1. The molecule has 2 nitrogen and oxygen atoms in total. The molecular weight excluding hydrogens is 204 g/mol. The van der Waals surface area contributed by atoms with Crippen molar-refractivity contribution in [2.24, 2.45) is 0 Å². The van der Waals surface area contributed by atoms with Crippen molar-refractivity contribution >= 4 is 11.8 Å². The molecule has 80 valence electrons. The predicted molar refractivity (Wildman–Crippen MR) is 64.9 cm³/mol. The van der Waals surface area contributed by atoms with Crippen molar-refractivity contribution in [2.45, 2.75) is 24.3 Å². The predicted octanol–water partition coefficient (Wildman–Crippen LogP) is 2.97. The van der Waals surface area contributed by atoms with E-state index in [1.165, 1.54) is 10.5 Å². The molecule has 1 atom stereocenters. The quantitative estimate of drug-likeness (QED) is 0.775. The van der Waals surface area contributed by atoms with Crippen LogP contribution in [0, 0.1) is 11.3 Å². The Morgan fingerprint density at radius 2 is 2.07 bits per heavy atom. The molecule has 3 heteroatoms. The minimum absolute atomic E-state index is 0.149. The van der Waals surface area contributed by atoms with Gasteiger partial charge in [-0.2, -0.15) is 5.26 Å². The van der Waals surface area contributed by atoms with Gasteiger partial charge in [-0.15, -0.1) is 11.8 Å². The van der Waals surface area contributed by atoms with Crippen LogP contribution in [-0.2, 0) is 0 Å². The summed E-state index contributed by atoms with van der Waals surface area (Å²) in [5.74, 6) is 1.09. The summed E-state index contributed by atoms with van der Waals surface area (Å²) in [5.41, 5.74) is 1.18. The third-order valence-corrected chi connectivity index (χ3v) is 3.13. The standard InChI is InChI=1S/C12H16N2S/c1-3-15-11-6-4-10(5-7-11)12(14-2)8-9-13/h4-7,12,14H,3,8H2,1-2H3. The van der Waals surface area contributed by atoms with Crippen molar-refractivity contribution in [3.63, 3.8) is 0 Å². The number of hydrogen-bond acceptors (Lipinski definition) is 3. The van der Waals surface area contributed by atoms with E-state index in [0.29, 0.717) is 6.42 Å². The molecule has 15 heavy (non-hydrogen) atoms. The summed E-state index contributed by atoms with van der Waals surface area (Å²) >= 11 is 1.83. The SMILES string of the molecule is CCSc1ccc(C(CC#N)NC)cc1. The second-order valence-corrected chi connectivity index (χ2v) is 4.54. The van der Waals surface area contributed by atoms with Crippen LogP contribution in [0.5, 0.6) is 0 Å². The first-order valence-corrected chi connectivity index (χ1v) is 6.07. The molecule has 0 spiro atoms. The average molecular weight is 220 g/mol. The summed E-state index contributed by atoms with van der Waals surface area (Å²) < 4.78 is 0. The van der Waals surface area contributed by atoms with Crippen LogP contribution >= 0.6 is 11.8 Å². The highest BCUT2D eigenvalue weighted by molar-refractivity contribution is 7.99. The number of hydrogen-bond donors (Lipinski definition) is 1. The van der Waals surface area contributed by atoms with Crippen molar-refractivity contribution in [2.75, 3.05) is 12.8 Å². The Balaban J connectivity index is 2.73. The van der Waals surface area contributed by atoms with E-state index in [4.69, 9.17) is 5.26 Å². The second-order valence-electron chi connectivity index (χ2n) is 3.21. The van der Waals surface area contributed by atoms with E-state index in [1.54, 1.807) is 0 Å². The molecule has 0 bridgehead atoms. The van der Waals surface area contributed by atoms with E-state index in [1.807, 2.05) is 18.8 Å². The molecule has 0 aliphatic carbocycles. The zero-order valence-electron chi connectivity index (χ0n) is 9.16. The Morgan fingerprint density at radius 3 is 2.53 bits per heavy atom. The van der Waals surface area contributed by atoms with Crippen LogP contribution in [0.3, 0.4) is 0 Å². The smallest absolute Gasteiger partial charge is 0.0641 e. The van der Waals surface area contributed by atoms with E-state index >= 15 is 0 Å². The molecule has 1 aromatic rings. The van der Waals surface area contributed by atoms with Crippen molar-refractivity contribution in [1.29, 1.82) is 5.26 Å². The van der Waals surface area contributed by atoms with Crippen LogP contribution in [0.1, 0.15) is 24.9 Å². The highest BCUT2D eigenvalue weighted by atomic mass is 32.2. The van der Waals surface area contributed by atoms with Gasteiger partial charge in [-0.25, -0.2) is 0 Å². The highest BCUT2D eigenvalue weighted by Gasteiger charge is 2.07. The summed E-state index contributed by atoms with van der Waals surface area (Å²) in [5, 5.41) is 11.8. The fourth-order valence-electron chi connectivity index (χ4n) is 1.44. The molecular formula is C12H16N2S. The van der Waals surface area contributed by atoms with Gasteiger partial charge in [-0.05, 0) is 30.5 Å².